The second-order valence-corrected chi connectivity index (χ2v) is 6.19. The van der Waals surface area contributed by atoms with Crippen LogP contribution in [-0.4, -0.2) is 21.5 Å². The van der Waals surface area contributed by atoms with Crippen LogP contribution in [0, 0.1) is 10.1 Å². The summed E-state index contributed by atoms with van der Waals surface area (Å²) in [5, 5.41) is 14.9. The van der Waals surface area contributed by atoms with E-state index in [9.17, 15) is 10.1 Å². The molecule has 0 spiro atoms. The van der Waals surface area contributed by atoms with Gasteiger partial charge in [-0.1, -0.05) is 30.0 Å². The first-order valence-corrected chi connectivity index (χ1v) is 8.71. The summed E-state index contributed by atoms with van der Waals surface area (Å²) < 4.78 is 5.39. The van der Waals surface area contributed by atoms with Gasteiger partial charge in [0.15, 0.2) is 5.03 Å². The molecule has 0 saturated heterocycles. The predicted molar refractivity (Wildman–Crippen MR) is 100 cm³/mol. The molecule has 0 fully saturated rings. The Morgan fingerprint density at radius 1 is 1.12 bits per heavy atom. The molecular weight excluding hydrogens is 352 g/mol. The molecule has 0 radical (unpaired) electrons. The van der Waals surface area contributed by atoms with E-state index in [1.54, 1.807) is 24.3 Å². The van der Waals surface area contributed by atoms with Gasteiger partial charge in [0, 0.05) is 10.6 Å². The molecule has 7 nitrogen and oxygen atoms in total. The number of aromatic nitrogens is 2. The van der Waals surface area contributed by atoms with Crippen LogP contribution in [0.1, 0.15) is 6.92 Å². The van der Waals surface area contributed by atoms with Crippen LogP contribution in [0.3, 0.4) is 0 Å². The van der Waals surface area contributed by atoms with E-state index in [1.165, 1.54) is 18.1 Å². The van der Waals surface area contributed by atoms with Crippen molar-refractivity contribution < 1.29 is 9.66 Å². The molecule has 0 aliphatic carbocycles. The molecule has 0 unspecified atom stereocenters. The van der Waals surface area contributed by atoms with E-state index in [-0.39, 0.29) is 16.5 Å². The van der Waals surface area contributed by atoms with Crippen molar-refractivity contribution >= 4 is 29.0 Å². The minimum Gasteiger partial charge on any atom is -0.494 e. The van der Waals surface area contributed by atoms with Crippen LogP contribution in [0.4, 0.5) is 17.2 Å². The molecular formula is C18H16N4O3S. The highest BCUT2D eigenvalue weighted by Crippen LogP contribution is 2.37. The lowest BCUT2D eigenvalue weighted by atomic mass is 10.3. The summed E-state index contributed by atoms with van der Waals surface area (Å²) in [5.41, 5.74) is 0.515. The Labute approximate surface area is 154 Å². The molecule has 8 heteroatoms. The topological polar surface area (TPSA) is 90.2 Å². The lowest BCUT2D eigenvalue weighted by Gasteiger charge is -2.09. The average Bonchev–Trinajstić information content (AvgIpc) is 2.64. The van der Waals surface area contributed by atoms with Crippen molar-refractivity contribution in [3.8, 4) is 5.75 Å². The Balaban J connectivity index is 1.89. The standard InChI is InChI=1S/C18H16N4O3S/c1-2-25-14-10-8-13(9-11-14)21-17-16(22(23)24)18(20-12-19-17)26-15-6-4-3-5-7-15/h3-12H,2H2,1H3,(H,19,20,21). The molecule has 0 saturated carbocycles. The lowest BCUT2D eigenvalue weighted by Crippen LogP contribution is -2.03. The highest BCUT2D eigenvalue weighted by molar-refractivity contribution is 7.99. The van der Waals surface area contributed by atoms with Crippen LogP contribution >= 0.6 is 11.8 Å². The number of nitrogens with one attached hydrogen (secondary N) is 1. The van der Waals surface area contributed by atoms with Crippen molar-refractivity contribution in [2.24, 2.45) is 0 Å². The number of nitrogens with zero attached hydrogens (tertiary/aromatic N) is 3. The maximum Gasteiger partial charge on any atom is 0.343 e. The zero-order chi connectivity index (χ0) is 18.4. The van der Waals surface area contributed by atoms with Gasteiger partial charge in [-0.3, -0.25) is 10.1 Å². The highest BCUT2D eigenvalue weighted by Gasteiger charge is 2.23. The number of nitro groups is 1. The largest absolute Gasteiger partial charge is 0.494 e. The summed E-state index contributed by atoms with van der Waals surface area (Å²) in [7, 11) is 0. The monoisotopic (exact) mass is 368 g/mol. The van der Waals surface area contributed by atoms with Crippen molar-refractivity contribution in [1.29, 1.82) is 0 Å². The molecule has 0 bridgehead atoms. The fraction of sp³-hybridized carbons (Fsp3) is 0.111. The summed E-state index contributed by atoms with van der Waals surface area (Å²) in [6, 6.07) is 16.5. The smallest absolute Gasteiger partial charge is 0.343 e. The molecule has 3 aromatic rings. The van der Waals surface area contributed by atoms with Crippen LogP contribution in [0.2, 0.25) is 0 Å². The number of ether oxygens (including phenoxy) is 1. The summed E-state index contributed by atoms with van der Waals surface area (Å²) in [6.45, 7) is 2.48. The van der Waals surface area contributed by atoms with Crippen LogP contribution in [0.25, 0.3) is 0 Å². The molecule has 1 N–H and O–H groups in total. The minimum atomic E-state index is -0.470. The molecule has 0 atom stereocenters. The first-order valence-electron chi connectivity index (χ1n) is 7.89. The van der Waals surface area contributed by atoms with E-state index in [1.807, 2.05) is 37.3 Å². The second kappa shape index (κ2) is 8.30. The predicted octanol–water partition coefficient (Wildman–Crippen LogP) is 4.68. The SMILES string of the molecule is CCOc1ccc(Nc2ncnc(Sc3ccccc3)c2[N+](=O)[O-])cc1. The summed E-state index contributed by atoms with van der Waals surface area (Å²) in [6.07, 6.45) is 1.31. The van der Waals surface area contributed by atoms with Crippen molar-refractivity contribution in [2.45, 2.75) is 16.8 Å². The molecule has 0 amide bonds. The molecule has 0 aliphatic rings. The zero-order valence-electron chi connectivity index (χ0n) is 14.0. The molecule has 2 aromatic carbocycles. The Morgan fingerprint density at radius 2 is 1.85 bits per heavy atom. The van der Waals surface area contributed by atoms with Gasteiger partial charge in [-0.25, -0.2) is 9.97 Å². The van der Waals surface area contributed by atoms with Crippen LogP contribution < -0.4 is 10.1 Å². The van der Waals surface area contributed by atoms with Gasteiger partial charge in [0.1, 0.15) is 12.1 Å². The summed E-state index contributed by atoms with van der Waals surface area (Å²) >= 11 is 1.22. The van der Waals surface area contributed by atoms with Gasteiger partial charge in [0.05, 0.1) is 11.5 Å². The Hall–Kier alpha value is -3.13. The van der Waals surface area contributed by atoms with Gasteiger partial charge in [-0.05, 0) is 43.3 Å². The maximum atomic E-state index is 11.6. The van der Waals surface area contributed by atoms with Gasteiger partial charge in [-0.2, -0.15) is 0 Å². The van der Waals surface area contributed by atoms with Crippen molar-refractivity contribution in [2.75, 3.05) is 11.9 Å². The quantitative estimate of drug-likeness (QED) is 0.368. The number of benzene rings is 2. The van der Waals surface area contributed by atoms with E-state index in [2.05, 4.69) is 15.3 Å². The van der Waals surface area contributed by atoms with E-state index in [0.29, 0.717) is 12.3 Å². The summed E-state index contributed by atoms with van der Waals surface area (Å²) in [5.74, 6) is 0.878. The maximum absolute atomic E-state index is 11.6. The Kier molecular flexibility index (Phi) is 5.65. The number of hydrogen-bond acceptors (Lipinski definition) is 7. The minimum absolute atomic E-state index is 0.146. The van der Waals surface area contributed by atoms with E-state index in [4.69, 9.17) is 4.74 Å². The van der Waals surface area contributed by atoms with Gasteiger partial charge in [-0.15, -0.1) is 0 Å². The molecule has 3 rings (SSSR count). The van der Waals surface area contributed by atoms with Crippen molar-refractivity contribution in [1.82, 2.24) is 9.97 Å². The zero-order valence-corrected chi connectivity index (χ0v) is 14.8. The van der Waals surface area contributed by atoms with Gasteiger partial charge >= 0.3 is 5.69 Å². The van der Waals surface area contributed by atoms with Crippen LogP contribution in [-0.2, 0) is 0 Å². The highest BCUT2D eigenvalue weighted by atomic mass is 32.2. The molecule has 26 heavy (non-hydrogen) atoms. The second-order valence-electron chi connectivity index (χ2n) is 5.13. The third kappa shape index (κ3) is 4.28. The summed E-state index contributed by atoms with van der Waals surface area (Å²) in [4.78, 5) is 20.1. The fourth-order valence-electron chi connectivity index (χ4n) is 2.23. The van der Waals surface area contributed by atoms with Gasteiger partial charge in [0.25, 0.3) is 0 Å². The van der Waals surface area contributed by atoms with Crippen molar-refractivity contribution in [3.63, 3.8) is 0 Å². The first-order chi connectivity index (χ1) is 12.7. The fourth-order valence-corrected chi connectivity index (χ4v) is 3.12. The first kappa shape index (κ1) is 17.7. The lowest BCUT2D eigenvalue weighted by molar-refractivity contribution is -0.387. The number of anilines is 2. The van der Waals surface area contributed by atoms with Crippen molar-refractivity contribution in [3.05, 3.63) is 71.0 Å². The van der Waals surface area contributed by atoms with Crippen LogP contribution in [0.5, 0.6) is 5.75 Å². The average molecular weight is 368 g/mol. The molecule has 1 heterocycles. The molecule has 1 aromatic heterocycles. The molecule has 132 valence electrons. The molecule has 0 aliphatic heterocycles. The van der Waals surface area contributed by atoms with E-state index >= 15 is 0 Å². The Morgan fingerprint density at radius 3 is 2.50 bits per heavy atom. The van der Waals surface area contributed by atoms with Gasteiger partial charge < -0.3 is 10.1 Å². The third-order valence-electron chi connectivity index (χ3n) is 3.36. The Bertz CT molecular complexity index is 889. The van der Waals surface area contributed by atoms with Crippen LogP contribution in [0.15, 0.2) is 70.8 Å². The van der Waals surface area contributed by atoms with E-state index < -0.39 is 4.92 Å². The normalized spacial score (nSPS) is 10.3. The number of hydrogen-bond donors (Lipinski definition) is 1. The number of rotatable bonds is 7. The van der Waals surface area contributed by atoms with Gasteiger partial charge in [0.2, 0.25) is 5.82 Å². The third-order valence-corrected chi connectivity index (χ3v) is 4.36. The van der Waals surface area contributed by atoms with E-state index in [0.717, 1.165) is 10.6 Å².